The van der Waals surface area contributed by atoms with Gasteiger partial charge in [0.15, 0.2) is 0 Å². The smallest absolute Gasteiger partial charge is 0.352 e. The molecule has 0 unspecified atom stereocenters. The Hall–Kier alpha value is -2.53. The second kappa shape index (κ2) is 7.47. The third kappa shape index (κ3) is 3.35. The van der Waals surface area contributed by atoms with E-state index in [0.29, 0.717) is 11.3 Å². The van der Waals surface area contributed by atoms with Gasteiger partial charge in [-0.25, -0.2) is 4.79 Å². The Morgan fingerprint density at radius 2 is 2.11 bits per heavy atom. The third-order valence-electron chi connectivity index (χ3n) is 4.35. The molecule has 0 radical (unpaired) electrons. The number of hydrogen-bond acceptors (Lipinski definition) is 7. The van der Waals surface area contributed by atoms with E-state index in [0.717, 1.165) is 4.90 Å². The van der Waals surface area contributed by atoms with Crippen LogP contribution in [-0.2, 0) is 26.2 Å². The van der Waals surface area contributed by atoms with Gasteiger partial charge in [0.25, 0.3) is 11.8 Å². The number of aliphatic carboxylic acids is 1. The van der Waals surface area contributed by atoms with E-state index in [2.05, 4.69) is 10.4 Å². The van der Waals surface area contributed by atoms with Crippen molar-refractivity contribution < 1.29 is 29.0 Å². The molecule has 3 heterocycles. The second-order valence-electron chi connectivity index (χ2n) is 6.27. The number of esters is 1. The predicted octanol–water partition coefficient (Wildman–Crippen LogP) is 0.297. The summed E-state index contributed by atoms with van der Waals surface area (Å²) in [6.45, 7) is 2.66. The van der Waals surface area contributed by atoms with Gasteiger partial charge in [-0.1, -0.05) is 11.6 Å². The lowest BCUT2D eigenvalue weighted by molar-refractivity contribution is -0.149. The summed E-state index contributed by atoms with van der Waals surface area (Å²) in [4.78, 5) is 48.9. The molecule has 0 bridgehead atoms. The summed E-state index contributed by atoms with van der Waals surface area (Å²) >= 11 is 7.38. The molecule has 3 rings (SSSR count). The van der Waals surface area contributed by atoms with Crippen LogP contribution in [0.3, 0.4) is 0 Å². The molecule has 0 spiro atoms. The van der Waals surface area contributed by atoms with Crippen LogP contribution in [0.25, 0.3) is 0 Å². The summed E-state index contributed by atoms with van der Waals surface area (Å²) in [5.74, 6) is -2.72. The molecule has 150 valence electrons. The van der Waals surface area contributed by atoms with Gasteiger partial charge in [0.2, 0.25) is 0 Å². The van der Waals surface area contributed by atoms with Gasteiger partial charge >= 0.3 is 11.9 Å². The molecule has 12 heteroatoms. The number of nitrogens with zero attached hydrogens (tertiary/aromatic N) is 3. The largest absolute Gasteiger partial charge is 0.477 e. The Labute approximate surface area is 168 Å². The Balaban J connectivity index is 1.79. The quantitative estimate of drug-likeness (QED) is 0.505. The van der Waals surface area contributed by atoms with Crippen LogP contribution < -0.4 is 5.32 Å². The molecule has 2 aliphatic rings. The van der Waals surface area contributed by atoms with Crippen LogP contribution in [0.5, 0.6) is 0 Å². The minimum absolute atomic E-state index is 0.121. The first-order valence-electron chi connectivity index (χ1n) is 8.16. The fourth-order valence-corrected chi connectivity index (χ4v) is 4.64. The summed E-state index contributed by atoms with van der Waals surface area (Å²) in [5.41, 5.74) is 0.715. The maximum Gasteiger partial charge on any atom is 0.352 e. The summed E-state index contributed by atoms with van der Waals surface area (Å²) in [7, 11) is 1.56. The van der Waals surface area contributed by atoms with Crippen LogP contribution in [0.15, 0.2) is 11.3 Å². The molecular formula is C16H17ClN4O6S. The molecule has 0 aliphatic carbocycles. The van der Waals surface area contributed by atoms with Gasteiger partial charge in [-0.3, -0.25) is 24.0 Å². The number of ether oxygens (including phenoxy) is 1. The normalized spacial score (nSPS) is 21.1. The minimum atomic E-state index is -1.30. The van der Waals surface area contributed by atoms with Crippen molar-refractivity contribution in [3.8, 4) is 0 Å². The molecule has 2 N–H and O–H groups in total. The van der Waals surface area contributed by atoms with Crippen molar-refractivity contribution in [1.82, 2.24) is 20.0 Å². The van der Waals surface area contributed by atoms with Gasteiger partial charge < -0.3 is 15.2 Å². The summed E-state index contributed by atoms with van der Waals surface area (Å²) < 4.78 is 6.20. The number of carboxylic acids is 1. The van der Waals surface area contributed by atoms with Crippen LogP contribution in [0.2, 0.25) is 5.02 Å². The molecule has 1 saturated heterocycles. The number of carboxylic acid groups (broad SMARTS) is 1. The van der Waals surface area contributed by atoms with Gasteiger partial charge in [0, 0.05) is 25.3 Å². The molecule has 0 aromatic carbocycles. The van der Waals surface area contributed by atoms with Crippen molar-refractivity contribution in [2.75, 3.05) is 12.4 Å². The van der Waals surface area contributed by atoms with Crippen molar-refractivity contribution in [3.05, 3.63) is 27.7 Å². The van der Waals surface area contributed by atoms with Gasteiger partial charge in [-0.05, 0) is 6.92 Å². The fourth-order valence-electron chi connectivity index (χ4n) is 3.07. The lowest BCUT2D eigenvalue weighted by atomic mass is 10.0. The fraction of sp³-hybridized carbons (Fsp3) is 0.438. The number of aryl methyl sites for hydroxylation is 2. The third-order valence-corrected chi connectivity index (χ3v) is 6.14. The maximum absolute atomic E-state index is 12.6. The zero-order valence-electron chi connectivity index (χ0n) is 15.2. The van der Waals surface area contributed by atoms with E-state index >= 15 is 0 Å². The summed E-state index contributed by atoms with van der Waals surface area (Å²) in [5, 5.41) is 15.8. The molecule has 2 aliphatic heterocycles. The van der Waals surface area contributed by atoms with E-state index in [9.17, 15) is 24.3 Å². The van der Waals surface area contributed by atoms with E-state index < -0.39 is 35.2 Å². The van der Waals surface area contributed by atoms with Crippen molar-refractivity contribution in [1.29, 1.82) is 0 Å². The molecule has 0 saturated carbocycles. The van der Waals surface area contributed by atoms with Crippen molar-refractivity contribution in [3.63, 3.8) is 0 Å². The maximum atomic E-state index is 12.6. The lowest BCUT2D eigenvalue weighted by Gasteiger charge is -2.49. The standard InChI is InChI=1S/C16H17ClN4O6S/c1-6-9(17)12(20(3)19-6)13(23)18-10-14(24)21-11(16(25)26)8(4-27-7(2)22)5-28-15(10)21/h10,15H,4-5H2,1-3H3,(H,18,23)(H,25,26)/t10-,15+/m0/s1. The Morgan fingerprint density at radius 3 is 2.64 bits per heavy atom. The lowest BCUT2D eigenvalue weighted by Crippen LogP contribution is -2.70. The highest BCUT2D eigenvalue weighted by Gasteiger charge is 2.54. The van der Waals surface area contributed by atoms with Gasteiger partial charge in [0.1, 0.15) is 29.4 Å². The van der Waals surface area contributed by atoms with Crippen LogP contribution in [0.4, 0.5) is 0 Å². The highest BCUT2D eigenvalue weighted by Crippen LogP contribution is 2.40. The first-order chi connectivity index (χ1) is 13.1. The summed E-state index contributed by atoms with van der Waals surface area (Å²) in [6, 6.07) is -0.895. The molecule has 2 amide bonds. The average Bonchev–Trinajstić information content (AvgIpc) is 2.88. The molecule has 1 aromatic heterocycles. The average molecular weight is 429 g/mol. The Kier molecular flexibility index (Phi) is 5.39. The monoisotopic (exact) mass is 428 g/mol. The Morgan fingerprint density at radius 1 is 1.43 bits per heavy atom. The molecule has 28 heavy (non-hydrogen) atoms. The van der Waals surface area contributed by atoms with Crippen LogP contribution in [0, 0.1) is 6.92 Å². The Bertz CT molecular complexity index is 926. The molecular weight excluding hydrogens is 412 g/mol. The number of carbonyl (C=O) groups excluding carboxylic acids is 3. The molecule has 1 aromatic rings. The van der Waals surface area contributed by atoms with Gasteiger partial charge in [0.05, 0.1) is 10.7 Å². The molecule has 2 atom stereocenters. The zero-order chi connectivity index (χ0) is 20.7. The zero-order valence-corrected chi connectivity index (χ0v) is 16.8. The number of nitrogens with one attached hydrogen (secondary N) is 1. The first-order valence-corrected chi connectivity index (χ1v) is 9.59. The number of aromatic nitrogens is 2. The highest BCUT2D eigenvalue weighted by molar-refractivity contribution is 8.00. The van der Waals surface area contributed by atoms with E-state index in [-0.39, 0.29) is 28.8 Å². The van der Waals surface area contributed by atoms with Crippen molar-refractivity contribution in [2.24, 2.45) is 7.05 Å². The number of hydrogen-bond donors (Lipinski definition) is 2. The van der Waals surface area contributed by atoms with E-state index in [1.54, 1.807) is 14.0 Å². The van der Waals surface area contributed by atoms with Crippen LogP contribution in [-0.4, -0.2) is 67.3 Å². The number of fused-ring (bicyclic) bond motifs is 1. The van der Waals surface area contributed by atoms with Crippen molar-refractivity contribution in [2.45, 2.75) is 25.3 Å². The van der Waals surface area contributed by atoms with Crippen LogP contribution >= 0.6 is 23.4 Å². The summed E-state index contributed by atoms with van der Waals surface area (Å²) in [6.07, 6.45) is 0. The topological polar surface area (TPSA) is 131 Å². The van der Waals surface area contributed by atoms with Crippen molar-refractivity contribution >= 4 is 47.1 Å². The number of amides is 2. The minimum Gasteiger partial charge on any atom is -0.477 e. The molecule has 1 fully saturated rings. The molecule has 10 nitrogen and oxygen atoms in total. The number of thioether (sulfide) groups is 1. The number of β-lactam (4-membered cyclic amide) rings is 1. The SMILES string of the molecule is CC(=O)OCC1=C(C(=O)O)N2C(=O)[C@H](NC(=O)c3c(Cl)c(C)nn3C)[C@H]2SC1. The van der Waals surface area contributed by atoms with E-state index in [1.165, 1.54) is 23.4 Å². The first kappa shape index (κ1) is 20.2. The number of halogens is 1. The highest BCUT2D eigenvalue weighted by atomic mass is 35.5. The number of carbonyl (C=O) groups is 4. The van der Waals surface area contributed by atoms with E-state index in [4.69, 9.17) is 16.3 Å². The van der Waals surface area contributed by atoms with E-state index in [1.807, 2.05) is 0 Å². The predicted molar refractivity (Wildman–Crippen MR) is 98.6 cm³/mol. The van der Waals surface area contributed by atoms with Gasteiger partial charge in [-0.2, -0.15) is 5.10 Å². The van der Waals surface area contributed by atoms with Crippen LogP contribution in [0.1, 0.15) is 23.1 Å². The number of rotatable bonds is 5. The second-order valence-corrected chi connectivity index (χ2v) is 7.75. The van der Waals surface area contributed by atoms with Gasteiger partial charge in [-0.15, -0.1) is 11.8 Å².